The number of hydrogen-bond donors (Lipinski definition) is 2. The van der Waals surface area contributed by atoms with E-state index in [4.69, 9.17) is 25.8 Å². The van der Waals surface area contributed by atoms with Crippen LogP contribution in [0.4, 0.5) is 11.4 Å². The van der Waals surface area contributed by atoms with Gasteiger partial charge < -0.3 is 24.8 Å². The van der Waals surface area contributed by atoms with Crippen LogP contribution in [0.15, 0.2) is 54.6 Å². The number of fused-ring (bicyclic) bond motifs is 7. The second-order valence-electron chi connectivity index (χ2n) is 10.8. The normalized spacial score (nSPS) is 27.4. The van der Waals surface area contributed by atoms with Gasteiger partial charge in [0.25, 0.3) is 5.91 Å². The summed E-state index contributed by atoms with van der Waals surface area (Å²) in [6.45, 7) is 0.542. The van der Waals surface area contributed by atoms with Gasteiger partial charge in [-0.2, -0.15) is 0 Å². The molecule has 9 nitrogen and oxygen atoms in total. The molecule has 2 fully saturated rings. The molecule has 2 amide bonds. The Labute approximate surface area is 241 Å². The van der Waals surface area contributed by atoms with Crippen molar-refractivity contribution in [3.05, 3.63) is 76.3 Å². The van der Waals surface area contributed by atoms with Crippen molar-refractivity contribution in [1.82, 2.24) is 4.90 Å². The molecule has 4 atom stereocenters. The first-order chi connectivity index (χ1) is 19.9. The summed E-state index contributed by atoms with van der Waals surface area (Å²) in [4.78, 5) is 46.1. The first kappa shape index (κ1) is 25.9. The third-order valence-electron chi connectivity index (χ3n) is 9.31. The number of ether oxygens (including phenoxy) is 3. The number of anilines is 2. The number of benzene rings is 3. The number of rotatable bonds is 5. The average Bonchev–Trinajstić information content (AvgIpc) is 3.71. The highest BCUT2D eigenvalue weighted by Crippen LogP contribution is 2.68. The Kier molecular flexibility index (Phi) is 5.65. The molecule has 3 aromatic carbocycles. The Bertz CT molecular complexity index is 1630. The molecule has 7 rings (SSSR count). The van der Waals surface area contributed by atoms with Gasteiger partial charge in [-0.15, -0.1) is 0 Å². The molecular weight excluding hydrogens is 546 g/mol. The molecule has 4 heterocycles. The molecule has 0 aliphatic carbocycles. The zero-order chi connectivity index (χ0) is 28.7. The number of carbonyl (C=O) groups excluding carboxylic acids is 3. The number of amides is 2. The van der Waals surface area contributed by atoms with Crippen LogP contribution >= 0.6 is 11.6 Å². The molecule has 0 bridgehead atoms. The second-order valence-corrected chi connectivity index (χ2v) is 11.2. The van der Waals surface area contributed by atoms with Crippen LogP contribution in [-0.2, 0) is 20.5 Å². The van der Waals surface area contributed by atoms with Gasteiger partial charge in [0.2, 0.25) is 11.7 Å². The lowest BCUT2D eigenvalue weighted by Crippen LogP contribution is -2.62. The van der Waals surface area contributed by atoms with E-state index in [0.29, 0.717) is 63.3 Å². The van der Waals surface area contributed by atoms with Gasteiger partial charge in [0.1, 0.15) is 11.0 Å². The van der Waals surface area contributed by atoms with Gasteiger partial charge in [0.05, 0.1) is 38.0 Å². The van der Waals surface area contributed by atoms with Crippen LogP contribution in [0.3, 0.4) is 0 Å². The summed E-state index contributed by atoms with van der Waals surface area (Å²) in [5, 5.41) is 6.42. The predicted molar refractivity (Wildman–Crippen MR) is 152 cm³/mol. The van der Waals surface area contributed by atoms with E-state index < -0.39 is 22.9 Å². The van der Waals surface area contributed by atoms with Crippen LogP contribution < -0.4 is 24.8 Å². The molecule has 2 saturated heterocycles. The van der Waals surface area contributed by atoms with Gasteiger partial charge in [-0.3, -0.25) is 19.3 Å². The summed E-state index contributed by atoms with van der Waals surface area (Å²) in [7, 11) is 4.47. The van der Waals surface area contributed by atoms with Crippen molar-refractivity contribution in [2.45, 2.75) is 29.8 Å². The minimum atomic E-state index is -1.58. The van der Waals surface area contributed by atoms with Crippen LogP contribution in [-0.4, -0.2) is 56.4 Å². The Morgan fingerprint density at radius 3 is 2.34 bits per heavy atom. The summed E-state index contributed by atoms with van der Waals surface area (Å²) in [5.74, 6) is -0.935. The van der Waals surface area contributed by atoms with Crippen molar-refractivity contribution >= 4 is 40.6 Å². The van der Waals surface area contributed by atoms with Crippen LogP contribution in [0.5, 0.6) is 17.2 Å². The first-order valence-corrected chi connectivity index (χ1v) is 13.9. The topological polar surface area (TPSA) is 106 Å². The fourth-order valence-corrected chi connectivity index (χ4v) is 8.19. The molecule has 10 heteroatoms. The van der Waals surface area contributed by atoms with Crippen molar-refractivity contribution in [2.75, 3.05) is 38.5 Å². The second kappa shape index (κ2) is 8.96. The molecule has 4 aliphatic rings. The van der Waals surface area contributed by atoms with E-state index in [1.54, 1.807) is 24.3 Å². The highest BCUT2D eigenvalue weighted by atomic mass is 35.5. The molecule has 0 radical (unpaired) electrons. The number of nitrogens with zero attached hydrogens (tertiary/aromatic N) is 1. The van der Waals surface area contributed by atoms with Crippen molar-refractivity contribution in [2.24, 2.45) is 5.92 Å². The standard InChI is InChI=1S/C31H28ClN3O6/c1-39-22-14-16(15-23(40-2)27(22)41-3)26(36)24-21-12-7-13-35(21)31(18-9-6-10-19(32)25(18)34-29(31)38)30(24)17-8-4-5-11-20(17)33-28(30)37/h4-6,8-11,14-15,21,24H,7,12-13H2,1-3H3,(H,33,37)(H,34,38)/t21-,24-,30-,31-/m0/s1. The summed E-state index contributed by atoms with van der Waals surface area (Å²) in [6, 6.07) is 15.5. The van der Waals surface area contributed by atoms with Gasteiger partial charge in [0.15, 0.2) is 17.3 Å². The number of halogens is 1. The lowest BCUT2D eigenvalue weighted by Gasteiger charge is -2.43. The van der Waals surface area contributed by atoms with Gasteiger partial charge in [-0.05, 0) is 49.2 Å². The first-order valence-electron chi connectivity index (χ1n) is 13.5. The van der Waals surface area contributed by atoms with Gasteiger partial charge in [0, 0.05) is 22.9 Å². The highest BCUT2D eigenvalue weighted by Gasteiger charge is 2.81. The number of nitrogens with one attached hydrogen (secondary N) is 2. The Balaban J connectivity index is 1.55. The summed E-state index contributed by atoms with van der Waals surface area (Å²) in [5.41, 5.74) is -0.485. The number of ketones is 1. The number of para-hydroxylation sites is 2. The van der Waals surface area contributed by atoms with Crippen LogP contribution in [0, 0.1) is 5.92 Å². The smallest absolute Gasteiger partial charge is 0.251 e. The zero-order valence-electron chi connectivity index (χ0n) is 22.7. The fraction of sp³-hybridized carbons (Fsp3) is 0.323. The van der Waals surface area contributed by atoms with Crippen LogP contribution in [0.2, 0.25) is 5.02 Å². The fourth-order valence-electron chi connectivity index (χ4n) is 7.97. The van der Waals surface area contributed by atoms with E-state index in [0.717, 1.165) is 6.42 Å². The van der Waals surface area contributed by atoms with E-state index in [1.807, 2.05) is 30.3 Å². The van der Waals surface area contributed by atoms with E-state index in [9.17, 15) is 14.4 Å². The molecule has 4 aliphatic heterocycles. The minimum absolute atomic E-state index is 0.284. The summed E-state index contributed by atoms with van der Waals surface area (Å²) < 4.78 is 16.6. The molecule has 0 unspecified atom stereocenters. The van der Waals surface area contributed by atoms with Crippen molar-refractivity contribution < 1.29 is 28.6 Å². The highest BCUT2D eigenvalue weighted by molar-refractivity contribution is 6.35. The number of carbonyl (C=O) groups is 3. The molecule has 3 aromatic rings. The maximum absolute atomic E-state index is 15.0. The maximum atomic E-state index is 15.0. The van der Waals surface area contributed by atoms with Gasteiger partial charge in [-0.25, -0.2) is 0 Å². The largest absolute Gasteiger partial charge is 0.493 e. The SMILES string of the molecule is COc1cc(C(=O)[C@@H]2[C@@H]3CCCN3[C@@]3(C(=O)Nc4c(Cl)cccc43)[C@]23C(=O)Nc2ccccc23)cc(OC)c1OC. The summed E-state index contributed by atoms with van der Waals surface area (Å²) in [6.07, 6.45) is 1.41. The number of methoxy groups -OCH3 is 3. The third-order valence-corrected chi connectivity index (χ3v) is 9.63. The van der Waals surface area contributed by atoms with E-state index in [1.165, 1.54) is 21.3 Å². The van der Waals surface area contributed by atoms with E-state index in [-0.39, 0.29) is 17.6 Å². The minimum Gasteiger partial charge on any atom is -0.493 e. The quantitative estimate of drug-likeness (QED) is 0.436. The molecule has 0 saturated carbocycles. The van der Waals surface area contributed by atoms with Crippen molar-refractivity contribution in [1.29, 1.82) is 0 Å². The molecule has 210 valence electrons. The maximum Gasteiger partial charge on any atom is 0.251 e. The lowest BCUT2D eigenvalue weighted by atomic mass is 9.57. The van der Waals surface area contributed by atoms with Gasteiger partial charge in [-0.1, -0.05) is 41.9 Å². The van der Waals surface area contributed by atoms with E-state index >= 15 is 0 Å². The summed E-state index contributed by atoms with van der Waals surface area (Å²) >= 11 is 6.62. The molecule has 0 aromatic heterocycles. The molecule has 41 heavy (non-hydrogen) atoms. The molecule has 2 spiro atoms. The molecule has 2 N–H and O–H groups in total. The van der Waals surface area contributed by atoms with Gasteiger partial charge >= 0.3 is 0 Å². The van der Waals surface area contributed by atoms with Crippen LogP contribution in [0.1, 0.15) is 34.3 Å². The predicted octanol–water partition coefficient (Wildman–Crippen LogP) is 4.38. The lowest BCUT2D eigenvalue weighted by molar-refractivity contribution is -0.137. The Hall–Kier alpha value is -4.08. The van der Waals surface area contributed by atoms with Crippen molar-refractivity contribution in [3.8, 4) is 17.2 Å². The number of Topliss-reactive ketones (excluding diaryl/α,β-unsaturated/α-hetero) is 1. The van der Waals surface area contributed by atoms with E-state index in [2.05, 4.69) is 15.5 Å². The number of hydrogen-bond acceptors (Lipinski definition) is 7. The Morgan fingerprint density at radius 1 is 0.927 bits per heavy atom. The monoisotopic (exact) mass is 573 g/mol. The zero-order valence-corrected chi connectivity index (χ0v) is 23.5. The van der Waals surface area contributed by atoms with Crippen molar-refractivity contribution in [3.63, 3.8) is 0 Å². The molecular formula is C31H28ClN3O6. The van der Waals surface area contributed by atoms with Crippen LogP contribution in [0.25, 0.3) is 0 Å². The average molecular weight is 574 g/mol. The Morgan fingerprint density at radius 2 is 1.63 bits per heavy atom. The third kappa shape index (κ3) is 2.97.